The molecule has 24 heavy (non-hydrogen) atoms. The molecule has 2 aromatic rings. The second kappa shape index (κ2) is 6.59. The minimum Gasteiger partial charge on any atom is -0.494 e. The predicted molar refractivity (Wildman–Crippen MR) is 88.4 cm³/mol. The van der Waals surface area contributed by atoms with Crippen molar-refractivity contribution in [3.63, 3.8) is 0 Å². The largest absolute Gasteiger partial charge is 0.494 e. The number of benzene rings is 1. The van der Waals surface area contributed by atoms with Crippen LogP contribution in [-0.2, 0) is 7.05 Å². The molecule has 1 aromatic heterocycles. The summed E-state index contributed by atoms with van der Waals surface area (Å²) in [6.07, 6.45) is 0.0136. The van der Waals surface area contributed by atoms with Crippen molar-refractivity contribution in [2.24, 2.45) is 7.05 Å². The summed E-state index contributed by atoms with van der Waals surface area (Å²) in [6.45, 7) is 5.27. The van der Waals surface area contributed by atoms with Gasteiger partial charge < -0.3 is 9.84 Å². The van der Waals surface area contributed by atoms with Crippen molar-refractivity contribution in [3.8, 4) is 17.7 Å². The number of hydrogen-bond donors (Lipinski definition) is 1. The Kier molecular flexibility index (Phi) is 4.74. The molecule has 1 aromatic carbocycles. The van der Waals surface area contributed by atoms with Crippen molar-refractivity contribution >= 4 is 5.78 Å². The molecule has 0 aliphatic rings. The van der Waals surface area contributed by atoms with E-state index >= 15 is 0 Å². The van der Waals surface area contributed by atoms with Gasteiger partial charge in [0.05, 0.1) is 11.7 Å². The lowest BCUT2D eigenvalue weighted by molar-refractivity contribution is 0.103. The maximum absolute atomic E-state index is 12.7. The number of carbonyl (C=O) groups is 1. The molecule has 0 unspecified atom stereocenters. The summed E-state index contributed by atoms with van der Waals surface area (Å²) in [5.74, 6) is -0.294. The number of aromatic hydroxyl groups is 1. The van der Waals surface area contributed by atoms with Gasteiger partial charge in [-0.1, -0.05) is 0 Å². The van der Waals surface area contributed by atoms with Gasteiger partial charge in [0, 0.05) is 12.6 Å². The summed E-state index contributed by atoms with van der Waals surface area (Å²) in [4.78, 5) is 24.7. The lowest BCUT2D eigenvalue weighted by Gasteiger charge is -2.13. The third kappa shape index (κ3) is 3.01. The molecule has 6 heteroatoms. The molecule has 0 atom stereocenters. The highest BCUT2D eigenvalue weighted by atomic mass is 16.5. The summed E-state index contributed by atoms with van der Waals surface area (Å²) >= 11 is 0. The van der Waals surface area contributed by atoms with Crippen LogP contribution in [0, 0.1) is 18.3 Å². The molecule has 0 saturated carbocycles. The Hall–Kier alpha value is -3.07. The Morgan fingerprint density at radius 1 is 1.29 bits per heavy atom. The molecule has 124 valence electrons. The molecule has 1 N–H and O–H groups in total. The summed E-state index contributed by atoms with van der Waals surface area (Å²) in [7, 11) is 1.31. The normalized spacial score (nSPS) is 10.5. The first kappa shape index (κ1) is 17.3. The van der Waals surface area contributed by atoms with E-state index in [1.54, 1.807) is 30.3 Å². The van der Waals surface area contributed by atoms with Gasteiger partial charge >= 0.3 is 0 Å². The lowest BCUT2D eigenvalue weighted by Crippen LogP contribution is -2.24. The number of ketones is 1. The Morgan fingerprint density at radius 3 is 2.38 bits per heavy atom. The van der Waals surface area contributed by atoms with E-state index in [-0.39, 0.29) is 22.8 Å². The first-order valence-electron chi connectivity index (χ1n) is 7.42. The van der Waals surface area contributed by atoms with Crippen molar-refractivity contribution in [3.05, 3.63) is 56.9 Å². The molecule has 0 aliphatic carbocycles. The lowest BCUT2D eigenvalue weighted by atomic mass is 9.97. The average Bonchev–Trinajstić information content (AvgIpc) is 2.53. The quantitative estimate of drug-likeness (QED) is 0.870. The van der Waals surface area contributed by atoms with E-state index in [0.29, 0.717) is 11.3 Å². The zero-order chi connectivity index (χ0) is 18.0. The van der Waals surface area contributed by atoms with E-state index in [4.69, 9.17) is 10.00 Å². The van der Waals surface area contributed by atoms with Gasteiger partial charge in [-0.15, -0.1) is 0 Å². The number of hydrogen-bond acceptors (Lipinski definition) is 5. The third-order valence-electron chi connectivity index (χ3n) is 3.64. The topological polar surface area (TPSA) is 92.3 Å². The van der Waals surface area contributed by atoms with Crippen LogP contribution in [0.5, 0.6) is 11.6 Å². The molecule has 0 radical (unpaired) electrons. The molecule has 0 saturated heterocycles. The van der Waals surface area contributed by atoms with Gasteiger partial charge in [0.1, 0.15) is 17.4 Å². The Bertz CT molecular complexity index is 887. The number of carbonyl (C=O) groups excluding carboxylic acids is 1. The fraction of sp³-hybridized carbons (Fsp3) is 0.278. The Morgan fingerprint density at radius 2 is 1.88 bits per heavy atom. The fourth-order valence-corrected chi connectivity index (χ4v) is 2.39. The first-order valence-corrected chi connectivity index (χ1v) is 7.42. The molecule has 0 aliphatic heterocycles. The zero-order valence-corrected chi connectivity index (χ0v) is 14.0. The van der Waals surface area contributed by atoms with E-state index in [1.165, 1.54) is 14.0 Å². The molecule has 0 bridgehead atoms. The van der Waals surface area contributed by atoms with Crippen LogP contribution >= 0.6 is 0 Å². The number of pyridine rings is 1. The van der Waals surface area contributed by atoms with Crippen molar-refractivity contribution in [1.82, 2.24) is 4.57 Å². The Balaban J connectivity index is 2.53. The van der Waals surface area contributed by atoms with Crippen LogP contribution in [0.1, 0.15) is 40.9 Å². The Labute approximate surface area is 139 Å². The molecule has 0 amide bonds. The number of nitriles is 1. The van der Waals surface area contributed by atoms with Crippen LogP contribution in [0.4, 0.5) is 0 Å². The second-order valence-corrected chi connectivity index (χ2v) is 5.69. The summed E-state index contributed by atoms with van der Waals surface area (Å²) < 4.78 is 6.42. The van der Waals surface area contributed by atoms with Gasteiger partial charge in [-0.25, -0.2) is 0 Å². The van der Waals surface area contributed by atoms with Gasteiger partial charge in [-0.3, -0.25) is 14.2 Å². The fourth-order valence-electron chi connectivity index (χ4n) is 2.39. The minimum atomic E-state index is -0.635. The van der Waals surface area contributed by atoms with Crippen LogP contribution in [0.2, 0.25) is 0 Å². The van der Waals surface area contributed by atoms with Crippen LogP contribution in [0.3, 0.4) is 0 Å². The van der Waals surface area contributed by atoms with Gasteiger partial charge in [-0.2, -0.15) is 5.26 Å². The van der Waals surface area contributed by atoms with Gasteiger partial charge in [-0.05, 0) is 50.6 Å². The van der Waals surface area contributed by atoms with E-state index in [0.717, 1.165) is 4.57 Å². The average molecular weight is 326 g/mol. The van der Waals surface area contributed by atoms with E-state index < -0.39 is 17.2 Å². The zero-order valence-electron chi connectivity index (χ0n) is 14.0. The molecule has 0 spiro atoms. The van der Waals surface area contributed by atoms with Crippen LogP contribution in [0.15, 0.2) is 29.1 Å². The van der Waals surface area contributed by atoms with Crippen LogP contribution < -0.4 is 10.3 Å². The second-order valence-electron chi connectivity index (χ2n) is 5.69. The number of aromatic nitrogens is 1. The van der Waals surface area contributed by atoms with Crippen molar-refractivity contribution in [2.45, 2.75) is 26.9 Å². The maximum atomic E-state index is 12.7. The standard InChI is InChI=1S/C18H18N2O4/c1-10(2)24-13-7-5-12(6-8-13)16(21)15-11(3)14(9-19)17(22)20(4)18(15)23/h5-8,10,23H,1-4H3. The number of rotatable bonds is 4. The van der Waals surface area contributed by atoms with E-state index in [2.05, 4.69) is 0 Å². The van der Waals surface area contributed by atoms with E-state index in [9.17, 15) is 14.7 Å². The monoisotopic (exact) mass is 326 g/mol. The first-order chi connectivity index (χ1) is 11.3. The molecule has 0 fully saturated rings. The van der Waals surface area contributed by atoms with E-state index in [1.807, 2.05) is 13.8 Å². The van der Waals surface area contributed by atoms with Crippen LogP contribution in [-0.4, -0.2) is 21.6 Å². The highest BCUT2D eigenvalue weighted by Crippen LogP contribution is 2.25. The highest BCUT2D eigenvalue weighted by molar-refractivity contribution is 6.11. The predicted octanol–water partition coefficient (Wildman–Crippen LogP) is 2.29. The maximum Gasteiger partial charge on any atom is 0.271 e. The highest BCUT2D eigenvalue weighted by Gasteiger charge is 2.23. The molecule has 2 rings (SSSR count). The summed E-state index contributed by atoms with van der Waals surface area (Å²) in [5.41, 5.74) is -0.341. The number of ether oxygens (including phenoxy) is 1. The molecule has 1 heterocycles. The van der Waals surface area contributed by atoms with Crippen LogP contribution in [0.25, 0.3) is 0 Å². The van der Waals surface area contributed by atoms with Gasteiger partial charge in [0.15, 0.2) is 5.78 Å². The minimum absolute atomic E-state index is 0.0136. The third-order valence-corrected chi connectivity index (χ3v) is 3.64. The van der Waals surface area contributed by atoms with Crippen molar-refractivity contribution in [2.75, 3.05) is 0 Å². The molecular formula is C18H18N2O4. The van der Waals surface area contributed by atoms with Crippen molar-refractivity contribution in [1.29, 1.82) is 5.26 Å². The smallest absolute Gasteiger partial charge is 0.271 e. The van der Waals surface area contributed by atoms with Gasteiger partial charge in [0.25, 0.3) is 5.56 Å². The molecular weight excluding hydrogens is 308 g/mol. The summed E-state index contributed by atoms with van der Waals surface area (Å²) in [5, 5.41) is 19.3. The SMILES string of the molecule is Cc1c(C(=O)c2ccc(OC(C)C)cc2)c(O)n(C)c(=O)c1C#N. The summed E-state index contributed by atoms with van der Waals surface area (Å²) in [6, 6.07) is 8.27. The number of nitrogens with zero attached hydrogens (tertiary/aromatic N) is 2. The van der Waals surface area contributed by atoms with Crippen molar-refractivity contribution < 1.29 is 14.6 Å². The van der Waals surface area contributed by atoms with Gasteiger partial charge in [0.2, 0.25) is 5.88 Å². The molecule has 6 nitrogen and oxygen atoms in total.